The van der Waals surface area contributed by atoms with Crippen LogP contribution in [0.2, 0.25) is 10.0 Å². The van der Waals surface area contributed by atoms with Gasteiger partial charge in [0, 0.05) is 0 Å². The van der Waals surface area contributed by atoms with Gasteiger partial charge in [0.15, 0.2) is 6.10 Å². The van der Waals surface area contributed by atoms with E-state index in [2.05, 4.69) is 10.6 Å². The number of hydrogen-bond acceptors (Lipinski definition) is 4. The highest BCUT2D eigenvalue weighted by Crippen LogP contribution is 2.26. The molecule has 0 heterocycles. The first-order valence-corrected chi connectivity index (χ1v) is 11.2. The van der Waals surface area contributed by atoms with Crippen LogP contribution in [0.1, 0.15) is 31.0 Å². The number of carbonyl (C=O) groups is 2. The molecule has 0 unspecified atom stereocenters. The van der Waals surface area contributed by atoms with E-state index in [0.717, 1.165) is 0 Å². The number of hydrogen-bond donors (Lipinski definition) is 4. The Balaban J connectivity index is 2.22. The first kappa shape index (κ1) is 27.9. The van der Waals surface area contributed by atoms with E-state index >= 15 is 0 Å². The summed E-state index contributed by atoms with van der Waals surface area (Å²) >= 11 is 11.9. The topological polar surface area (TPSA) is 104 Å². The molecule has 5 N–H and O–H groups in total. The lowest BCUT2D eigenvalue weighted by Gasteiger charge is -2.31. The predicted molar refractivity (Wildman–Crippen MR) is 124 cm³/mol. The summed E-state index contributed by atoms with van der Waals surface area (Å²) in [6, 6.07) is 8.71. The molecule has 0 aliphatic carbocycles. The molecule has 0 aliphatic rings. The van der Waals surface area contributed by atoms with Gasteiger partial charge in [-0.05, 0) is 35.6 Å². The maximum absolute atomic E-state index is 13.1. The van der Waals surface area contributed by atoms with Crippen molar-refractivity contribution < 1.29 is 27.9 Å². The van der Waals surface area contributed by atoms with Crippen molar-refractivity contribution in [2.45, 2.75) is 50.7 Å². The minimum Gasteiger partial charge on any atom is -0.382 e. The highest BCUT2D eigenvalue weighted by Gasteiger charge is 2.45. The number of carbonyl (C=O) groups excluding carboxylic acids is 2. The maximum Gasteiger partial charge on any atom is 0.416 e. The Kier molecular flexibility index (Phi) is 9.75. The van der Waals surface area contributed by atoms with E-state index < -0.39 is 48.1 Å². The zero-order valence-corrected chi connectivity index (χ0v) is 20.0. The molecule has 0 aromatic heterocycles. The molecule has 0 saturated carbocycles. The van der Waals surface area contributed by atoms with Crippen molar-refractivity contribution in [3.63, 3.8) is 0 Å². The Hall–Kier alpha value is -2.33. The Bertz CT molecular complexity index is 990. The molecule has 2 rings (SSSR count). The number of benzene rings is 2. The molecule has 34 heavy (non-hydrogen) atoms. The number of aliphatic hydroxyl groups excluding tert-OH is 1. The van der Waals surface area contributed by atoms with Gasteiger partial charge >= 0.3 is 6.18 Å². The Morgan fingerprint density at radius 2 is 1.62 bits per heavy atom. The standard InChI is InChI=1S/C23H26Cl2F3N3O3/c1-12(2)18(20(32)23(26,27)28)30-22(34)19(14-6-4-3-5-7-14)31-21(33)17(29)11-13-8-9-15(24)16(25)10-13/h3-10,12,17-20,32H,11,29H2,1-2H3,(H,30,34)(H,31,33)/t17-,18-,19-,20-/m0/s1. The molecule has 186 valence electrons. The highest BCUT2D eigenvalue weighted by molar-refractivity contribution is 6.42. The summed E-state index contributed by atoms with van der Waals surface area (Å²) in [6.07, 6.45) is -7.64. The van der Waals surface area contributed by atoms with Crippen molar-refractivity contribution >= 4 is 35.0 Å². The van der Waals surface area contributed by atoms with Crippen molar-refractivity contribution in [3.05, 3.63) is 69.7 Å². The molecular formula is C23H26Cl2F3N3O3. The van der Waals surface area contributed by atoms with Crippen LogP contribution < -0.4 is 16.4 Å². The fourth-order valence-electron chi connectivity index (χ4n) is 3.27. The van der Waals surface area contributed by atoms with Crippen molar-refractivity contribution in [1.29, 1.82) is 0 Å². The van der Waals surface area contributed by atoms with Gasteiger partial charge in [0.1, 0.15) is 6.04 Å². The van der Waals surface area contributed by atoms with Gasteiger partial charge in [-0.25, -0.2) is 0 Å². The molecular weight excluding hydrogens is 494 g/mol. The van der Waals surface area contributed by atoms with Gasteiger partial charge in [-0.2, -0.15) is 13.2 Å². The van der Waals surface area contributed by atoms with E-state index in [1.807, 2.05) is 0 Å². The second-order valence-corrected chi connectivity index (χ2v) is 8.99. The van der Waals surface area contributed by atoms with Crippen LogP contribution >= 0.6 is 23.2 Å². The number of amides is 2. The summed E-state index contributed by atoms with van der Waals surface area (Å²) in [5, 5.41) is 15.1. The third-order valence-electron chi connectivity index (χ3n) is 5.16. The van der Waals surface area contributed by atoms with Crippen molar-refractivity contribution in [2.75, 3.05) is 0 Å². The van der Waals surface area contributed by atoms with Crippen LogP contribution in [0, 0.1) is 5.92 Å². The zero-order valence-electron chi connectivity index (χ0n) is 18.4. The van der Waals surface area contributed by atoms with Gasteiger partial charge < -0.3 is 21.5 Å². The normalized spacial score (nSPS) is 15.4. The Morgan fingerprint density at radius 3 is 2.15 bits per heavy atom. The lowest BCUT2D eigenvalue weighted by molar-refractivity contribution is -0.215. The molecule has 0 bridgehead atoms. The first-order valence-electron chi connectivity index (χ1n) is 10.4. The minimum absolute atomic E-state index is 0.0766. The fourth-order valence-corrected chi connectivity index (χ4v) is 3.59. The summed E-state index contributed by atoms with van der Waals surface area (Å²) in [4.78, 5) is 25.8. The molecule has 0 radical (unpaired) electrons. The second kappa shape index (κ2) is 11.9. The number of nitrogens with two attached hydrogens (primary N) is 1. The van der Waals surface area contributed by atoms with E-state index in [4.69, 9.17) is 28.9 Å². The van der Waals surface area contributed by atoms with Gasteiger partial charge in [-0.1, -0.05) is 73.4 Å². The monoisotopic (exact) mass is 519 g/mol. The number of aliphatic hydroxyl groups is 1. The van der Waals surface area contributed by atoms with E-state index in [1.54, 1.807) is 48.5 Å². The van der Waals surface area contributed by atoms with E-state index in [0.29, 0.717) is 16.1 Å². The summed E-state index contributed by atoms with van der Waals surface area (Å²) in [7, 11) is 0. The average molecular weight is 520 g/mol. The number of rotatable bonds is 9. The second-order valence-electron chi connectivity index (χ2n) is 8.18. The molecule has 6 nitrogen and oxygen atoms in total. The first-order chi connectivity index (χ1) is 15.8. The average Bonchev–Trinajstić information content (AvgIpc) is 2.77. The third-order valence-corrected chi connectivity index (χ3v) is 5.90. The summed E-state index contributed by atoms with van der Waals surface area (Å²) in [6.45, 7) is 2.87. The largest absolute Gasteiger partial charge is 0.416 e. The van der Waals surface area contributed by atoms with Gasteiger partial charge in [0.2, 0.25) is 11.8 Å². The molecule has 2 amide bonds. The summed E-state index contributed by atoms with van der Waals surface area (Å²) in [5.74, 6) is -2.36. The maximum atomic E-state index is 13.1. The number of halogens is 5. The lowest BCUT2D eigenvalue weighted by atomic mass is 9.96. The minimum atomic E-state index is -4.93. The fraction of sp³-hybridized carbons (Fsp3) is 0.391. The quantitative estimate of drug-likeness (QED) is 0.404. The molecule has 2 aromatic rings. The van der Waals surface area contributed by atoms with Crippen LogP contribution in [0.15, 0.2) is 48.5 Å². The van der Waals surface area contributed by atoms with Crippen LogP contribution in [0.4, 0.5) is 13.2 Å². The molecule has 0 aliphatic heterocycles. The molecule has 0 fully saturated rings. The van der Waals surface area contributed by atoms with Crippen LogP contribution in [0.3, 0.4) is 0 Å². The number of nitrogens with one attached hydrogen (secondary N) is 2. The van der Waals surface area contributed by atoms with Crippen molar-refractivity contribution in [3.8, 4) is 0 Å². The van der Waals surface area contributed by atoms with Crippen molar-refractivity contribution in [1.82, 2.24) is 10.6 Å². The van der Waals surface area contributed by atoms with Gasteiger partial charge in [0.25, 0.3) is 0 Å². The zero-order chi connectivity index (χ0) is 25.6. The van der Waals surface area contributed by atoms with E-state index in [-0.39, 0.29) is 11.4 Å². The molecule has 11 heteroatoms. The molecule has 2 aromatic carbocycles. The molecule has 0 saturated heterocycles. The smallest absolute Gasteiger partial charge is 0.382 e. The van der Waals surface area contributed by atoms with Crippen LogP contribution in [0.5, 0.6) is 0 Å². The summed E-state index contributed by atoms with van der Waals surface area (Å²) in [5.41, 5.74) is 6.97. The predicted octanol–water partition coefficient (Wildman–Crippen LogP) is 3.78. The van der Waals surface area contributed by atoms with Crippen molar-refractivity contribution in [2.24, 2.45) is 11.7 Å². The Morgan fingerprint density at radius 1 is 1.00 bits per heavy atom. The van der Waals surface area contributed by atoms with Crippen LogP contribution in [0.25, 0.3) is 0 Å². The van der Waals surface area contributed by atoms with Crippen LogP contribution in [-0.4, -0.2) is 41.3 Å². The third kappa shape index (κ3) is 7.59. The SMILES string of the molecule is CC(C)[C@H](NC(=O)[C@@H](NC(=O)[C@@H](N)Cc1ccc(Cl)c(Cl)c1)c1ccccc1)[C@H](O)C(F)(F)F. The Labute approximate surface area is 205 Å². The summed E-state index contributed by atoms with van der Waals surface area (Å²) < 4.78 is 39.3. The van der Waals surface area contributed by atoms with Crippen LogP contribution in [-0.2, 0) is 16.0 Å². The highest BCUT2D eigenvalue weighted by atomic mass is 35.5. The van der Waals surface area contributed by atoms with Gasteiger partial charge in [-0.15, -0.1) is 0 Å². The van der Waals surface area contributed by atoms with E-state index in [9.17, 15) is 27.9 Å². The van der Waals surface area contributed by atoms with Gasteiger partial charge in [0.05, 0.1) is 22.1 Å². The molecule has 4 atom stereocenters. The lowest BCUT2D eigenvalue weighted by Crippen LogP contribution is -2.56. The van der Waals surface area contributed by atoms with Gasteiger partial charge in [-0.3, -0.25) is 9.59 Å². The van der Waals surface area contributed by atoms with E-state index in [1.165, 1.54) is 13.8 Å². The molecule has 0 spiro atoms. The number of alkyl halides is 3.